The number of thiophene rings is 1. The highest BCUT2D eigenvalue weighted by atomic mass is 32.1. The van der Waals surface area contributed by atoms with Gasteiger partial charge in [0.1, 0.15) is 16.4 Å². The molecule has 0 bridgehead atoms. The number of carbonyl (C=O) groups is 1. The van der Waals surface area contributed by atoms with Gasteiger partial charge < -0.3 is 10.1 Å². The molecule has 0 radical (unpaired) electrons. The maximum Gasteiger partial charge on any atom is 0.271 e. The van der Waals surface area contributed by atoms with Gasteiger partial charge >= 0.3 is 0 Å². The van der Waals surface area contributed by atoms with Crippen LogP contribution < -0.4 is 15.6 Å². The van der Waals surface area contributed by atoms with Crippen molar-refractivity contribution >= 4 is 38.8 Å². The molecule has 156 valence electrons. The van der Waals surface area contributed by atoms with Crippen molar-refractivity contribution in [3.8, 4) is 5.75 Å². The zero-order valence-corrected chi connectivity index (χ0v) is 17.4. The van der Waals surface area contributed by atoms with Crippen LogP contribution in [0.4, 0.5) is 11.4 Å². The second-order valence-electron chi connectivity index (χ2n) is 7.13. The van der Waals surface area contributed by atoms with Crippen molar-refractivity contribution in [3.63, 3.8) is 0 Å². The van der Waals surface area contributed by atoms with Crippen molar-refractivity contribution in [2.45, 2.75) is 39.2 Å². The van der Waals surface area contributed by atoms with Crippen molar-refractivity contribution in [2.75, 3.05) is 12.4 Å². The number of benzene rings is 1. The molecule has 0 atom stereocenters. The summed E-state index contributed by atoms with van der Waals surface area (Å²) in [5.41, 5.74) is 0.475. The van der Waals surface area contributed by atoms with Gasteiger partial charge in [0, 0.05) is 25.1 Å². The molecule has 1 amide bonds. The van der Waals surface area contributed by atoms with E-state index in [0.717, 1.165) is 42.8 Å². The van der Waals surface area contributed by atoms with E-state index in [1.807, 2.05) is 0 Å². The number of methoxy groups -OCH3 is 1. The highest BCUT2D eigenvalue weighted by molar-refractivity contribution is 7.20. The third kappa shape index (κ3) is 3.43. The zero-order valence-electron chi connectivity index (χ0n) is 16.6. The molecule has 0 aliphatic carbocycles. The monoisotopic (exact) mass is 428 g/mol. The Labute approximate surface area is 175 Å². The lowest BCUT2D eigenvalue weighted by Gasteiger charge is -2.09. The van der Waals surface area contributed by atoms with Crippen LogP contribution in [0.25, 0.3) is 10.2 Å². The third-order valence-electron chi connectivity index (χ3n) is 5.26. The van der Waals surface area contributed by atoms with Gasteiger partial charge in [-0.05, 0) is 31.4 Å². The molecule has 4 rings (SSSR count). The second kappa shape index (κ2) is 7.86. The largest absolute Gasteiger partial charge is 0.495 e. The Morgan fingerprint density at radius 1 is 1.33 bits per heavy atom. The summed E-state index contributed by atoms with van der Waals surface area (Å²) in [7, 11) is 1.42. The Balaban J connectivity index is 1.75. The summed E-state index contributed by atoms with van der Waals surface area (Å²) >= 11 is 1.16. The van der Waals surface area contributed by atoms with E-state index in [1.165, 1.54) is 25.3 Å². The van der Waals surface area contributed by atoms with Crippen molar-refractivity contribution in [3.05, 3.63) is 54.9 Å². The molecule has 1 N–H and O–H groups in total. The van der Waals surface area contributed by atoms with E-state index in [-0.39, 0.29) is 16.9 Å². The van der Waals surface area contributed by atoms with Crippen LogP contribution in [-0.2, 0) is 13.0 Å². The van der Waals surface area contributed by atoms with Gasteiger partial charge in [-0.1, -0.05) is 6.42 Å². The van der Waals surface area contributed by atoms with Gasteiger partial charge in [-0.3, -0.25) is 24.3 Å². The summed E-state index contributed by atoms with van der Waals surface area (Å²) in [4.78, 5) is 42.1. The summed E-state index contributed by atoms with van der Waals surface area (Å²) < 4.78 is 6.93. The van der Waals surface area contributed by atoms with E-state index < -0.39 is 10.8 Å². The first-order chi connectivity index (χ1) is 14.4. The standard InChI is InChI=1S/C20H20N4O5S/c1-11-16-19(22-15-6-4-3-5-9-23(15)20(16)26)30-17(11)18(25)21-13-10-12(24(27)28)7-8-14(13)29-2/h7-8,10H,3-6,9H2,1-2H3,(H,21,25). The average Bonchev–Trinajstić information content (AvgIpc) is 2.89. The number of hydrogen-bond acceptors (Lipinski definition) is 7. The summed E-state index contributed by atoms with van der Waals surface area (Å²) in [6.07, 6.45) is 3.73. The molecule has 3 aromatic rings. The van der Waals surface area contributed by atoms with Crippen LogP contribution in [-0.4, -0.2) is 27.5 Å². The molecule has 2 aromatic heterocycles. The summed E-state index contributed by atoms with van der Waals surface area (Å²) in [6, 6.07) is 3.97. The summed E-state index contributed by atoms with van der Waals surface area (Å²) in [5, 5.41) is 14.2. The molecule has 0 saturated carbocycles. The van der Waals surface area contributed by atoms with Crippen LogP contribution in [0.15, 0.2) is 23.0 Å². The van der Waals surface area contributed by atoms with Gasteiger partial charge in [0.25, 0.3) is 17.2 Å². The highest BCUT2D eigenvalue weighted by Crippen LogP contribution is 2.32. The predicted octanol–water partition coefficient (Wildman–Crippen LogP) is 3.66. The van der Waals surface area contributed by atoms with Gasteiger partial charge in [-0.25, -0.2) is 4.98 Å². The van der Waals surface area contributed by atoms with Crippen LogP contribution >= 0.6 is 11.3 Å². The van der Waals surface area contributed by atoms with Crippen molar-refractivity contribution in [1.82, 2.24) is 9.55 Å². The van der Waals surface area contributed by atoms with E-state index in [0.29, 0.717) is 33.0 Å². The lowest BCUT2D eigenvalue weighted by Crippen LogP contribution is -2.24. The van der Waals surface area contributed by atoms with Crippen LogP contribution in [0, 0.1) is 17.0 Å². The third-order valence-corrected chi connectivity index (χ3v) is 6.44. The van der Waals surface area contributed by atoms with Crippen molar-refractivity contribution in [2.24, 2.45) is 0 Å². The molecule has 0 fully saturated rings. The van der Waals surface area contributed by atoms with Gasteiger partial charge in [0.15, 0.2) is 0 Å². The maximum absolute atomic E-state index is 13.1. The van der Waals surface area contributed by atoms with Gasteiger partial charge in [-0.2, -0.15) is 0 Å². The fourth-order valence-corrected chi connectivity index (χ4v) is 4.80. The quantitative estimate of drug-likeness (QED) is 0.501. The number of anilines is 1. The zero-order chi connectivity index (χ0) is 21.4. The SMILES string of the molecule is COc1ccc([N+](=O)[O-])cc1NC(=O)c1sc2nc3n(c(=O)c2c1C)CCCCC3. The highest BCUT2D eigenvalue weighted by Gasteiger charge is 2.23. The minimum Gasteiger partial charge on any atom is -0.495 e. The minimum atomic E-state index is -0.544. The maximum atomic E-state index is 13.1. The number of fused-ring (bicyclic) bond motifs is 2. The van der Waals surface area contributed by atoms with Crippen LogP contribution in [0.5, 0.6) is 5.75 Å². The minimum absolute atomic E-state index is 0.113. The number of nitro benzene ring substituents is 1. The van der Waals surface area contributed by atoms with E-state index in [9.17, 15) is 19.7 Å². The Kier molecular flexibility index (Phi) is 5.25. The number of aryl methyl sites for hydroxylation is 2. The van der Waals surface area contributed by atoms with E-state index in [2.05, 4.69) is 10.3 Å². The second-order valence-corrected chi connectivity index (χ2v) is 8.13. The van der Waals surface area contributed by atoms with Crippen LogP contribution in [0.2, 0.25) is 0 Å². The fourth-order valence-electron chi connectivity index (χ4n) is 3.71. The Bertz CT molecular complexity index is 1230. The number of hydrogen-bond donors (Lipinski definition) is 1. The number of ether oxygens (including phenoxy) is 1. The van der Waals surface area contributed by atoms with Gasteiger partial charge in [0.05, 0.1) is 28.0 Å². The molecule has 1 aliphatic heterocycles. The Hall–Kier alpha value is -3.27. The van der Waals surface area contributed by atoms with Crippen molar-refractivity contribution < 1.29 is 14.5 Å². The van der Waals surface area contributed by atoms with E-state index in [4.69, 9.17) is 4.74 Å². The first-order valence-electron chi connectivity index (χ1n) is 9.57. The van der Waals surface area contributed by atoms with E-state index >= 15 is 0 Å². The van der Waals surface area contributed by atoms with Gasteiger partial charge in [0.2, 0.25) is 0 Å². The number of nitro groups is 1. The molecule has 1 aromatic carbocycles. The van der Waals surface area contributed by atoms with Gasteiger partial charge in [-0.15, -0.1) is 11.3 Å². The number of non-ortho nitro benzene ring substituents is 1. The smallest absolute Gasteiger partial charge is 0.271 e. The lowest BCUT2D eigenvalue weighted by molar-refractivity contribution is -0.384. The molecule has 30 heavy (non-hydrogen) atoms. The fraction of sp³-hybridized carbons (Fsp3) is 0.350. The molecule has 3 heterocycles. The molecular weight excluding hydrogens is 408 g/mol. The van der Waals surface area contributed by atoms with Crippen molar-refractivity contribution in [1.29, 1.82) is 0 Å². The predicted molar refractivity (Wildman–Crippen MR) is 114 cm³/mol. The molecule has 0 unspecified atom stereocenters. The first kappa shape index (κ1) is 20.0. The molecule has 9 nitrogen and oxygen atoms in total. The Morgan fingerprint density at radius 2 is 2.13 bits per heavy atom. The normalized spacial score (nSPS) is 13.5. The summed E-state index contributed by atoms with van der Waals surface area (Å²) in [5.74, 6) is 0.602. The number of nitrogens with zero attached hydrogens (tertiary/aromatic N) is 3. The topological polar surface area (TPSA) is 116 Å². The molecule has 10 heteroatoms. The number of aromatic nitrogens is 2. The molecule has 0 spiro atoms. The average molecular weight is 428 g/mol. The van der Waals surface area contributed by atoms with Crippen LogP contribution in [0.3, 0.4) is 0 Å². The molecular formula is C20H20N4O5S. The number of amides is 1. The van der Waals surface area contributed by atoms with E-state index in [1.54, 1.807) is 11.5 Å². The Morgan fingerprint density at radius 3 is 2.87 bits per heavy atom. The number of carbonyl (C=O) groups excluding carboxylic acids is 1. The first-order valence-corrected chi connectivity index (χ1v) is 10.4. The summed E-state index contributed by atoms with van der Waals surface area (Å²) in [6.45, 7) is 2.37. The lowest BCUT2D eigenvalue weighted by atomic mass is 10.2. The number of nitrogens with one attached hydrogen (secondary N) is 1. The number of rotatable bonds is 4. The molecule has 0 saturated heterocycles. The van der Waals surface area contributed by atoms with Crippen LogP contribution in [0.1, 0.15) is 40.3 Å². The molecule has 1 aliphatic rings.